The van der Waals surface area contributed by atoms with Gasteiger partial charge in [-0.1, -0.05) is 24.3 Å². The van der Waals surface area contributed by atoms with Crippen LogP contribution in [0.25, 0.3) is 11.1 Å². The maximum Gasteiger partial charge on any atom is 0.297 e. The van der Waals surface area contributed by atoms with Crippen LogP contribution in [0.1, 0.15) is 12.8 Å². The van der Waals surface area contributed by atoms with Gasteiger partial charge in [-0.05, 0) is 48.2 Å². The number of aliphatic hydroxyl groups is 1. The minimum absolute atomic E-state index is 0.0263. The number of benzene rings is 2. The molecule has 0 saturated heterocycles. The SMILES string of the molecule is O=S(O)c1ccc(-c2ccc(S(=O)(=O)OC3CC[C@H]3O)cc2)cc1. The summed E-state index contributed by atoms with van der Waals surface area (Å²) in [6.45, 7) is 0. The van der Waals surface area contributed by atoms with E-state index in [1.165, 1.54) is 24.3 Å². The van der Waals surface area contributed by atoms with E-state index in [1.54, 1.807) is 24.3 Å². The molecule has 8 heteroatoms. The molecule has 0 heterocycles. The van der Waals surface area contributed by atoms with Gasteiger partial charge < -0.3 is 9.66 Å². The molecule has 1 fully saturated rings. The van der Waals surface area contributed by atoms with Crippen LogP contribution in [0.15, 0.2) is 58.3 Å². The second-order valence-corrected chi connectivity index (χ2v) is 8.07. The van der Waals surface area contributed by atoms with E-state index in [4.69, 9.17) is 8.74 Å². The fraction of sp³-hybridized carbons (Fsp3) is 0.250. The van der Waals surface area contributed by atoms with E-state index in [9.17, 15) is 17.7 Å². The Kier molecular flexibility index (Phi) is 4.84. The van der Waals surface area contributed by atoms with E-state index in [2.05, 4.69) is 0 Å². The van der Waals surface area contributed by atoms with Crippen LogP contribution in [0, 0.1) is 0 Å². The average Bonchev–Trinajstić information content (AvgIpc) is 2.59. The highest BCUT2D eigenvalue weighted by molar-refractivity contribution is 7.86. The summed E-state index contributed by atoms with van der Waals surface area (Å²) in [5.41, 5.74) is 1.57. The van der Waals surface area contributed by atoms with Crippen molar-refractivity contribution in [1.29, 1.82) is 0 Å². The van der Waals surface area contributed by atoms with Crippen LogP contribution in [0.2, 0.25) is 0 Å². The van der Waals surface area contributed by atoms with E-state index in [-0.39, 0.29) is 4.90 Å². The molecule has 2 aromatic rings. The molecule has 1 saturated carbocycles. The molecule has 0 radical (unpaired) electrons. The standard InChI is InChI=1S/C16H16O6S2/c17-15-9-10-16(15)22-24(20,21)14-7-3-12(4-8-14)11-1-5-13(6-2-11)23(18)19/h1-8,15-17H,9-10H2,(H,18,19)/t15-,16?/m1/s1. The molecule has 2 unspecified atom stereocenters. The number of aliphatic hydroxyl groups excluding tert-OH is 1. The fourth-order valence-corrected chi connectivity index (χ4v) is 3.86. The number of rotatable bonds is 5. The summed E-state index contributed by atoms with van der Waals surface area (Å²) >= 11 is -2.03. The van der Waals surface area contributed by atoms with Gasteiger partial charge in [0, 0.05) is 0 Å². The zero-order chi connectivity index (χ0) is 17.3. The van der Waals surface area contributed by atoms with Crippen LogP contribution in [0.4, 0.5) is 0 Å². The monoisotopic (exact) mass is 368 g/mol. The summed E-state index contributed by atoms with van der Waals surface area (Å²) in [5, 5.41) is 9.44. The van der Waals surface area contributed by atoms with Gasteiger partial charge in [0.05, 0.1) is 15.9 Å². The average molecular weight is 368 g/mol. The van der Waals surface area contributed by atoms with Gasteiger partial charge in [0.15, 0.2) is 11.1 Å². The van der Waals surface area contributed by atoms with Crippen molar-refractivity contribution >= 4 is 21.2 Å². The predicted octanol–water partition coefficient (Wildman–Crippen LogP) is 2.16. The fourth-order valence-electron chi connectivity index (χ4n) is 2.36. The molecule has 1 aliphatic carbocycles. The summed E-state index contributed by atoms with van der Waals surface area (Å²) in [4.78, 5) is 0.323. The first-order valence-corrected chi connectivity index (χ1v) is 9.81. The molecule has 0 aliphatic heterocycles. The van der Waals surface area contributed by atoms with Crippen molar-refractivity contribution in [2.45, 2.75) is 34.8 Å². The van der Waals surface area contributed by atoms with E-state index in [0.717, 1.165) is 11.1 Å². The Balaban J connectivity index is 1.78. The van der Waals surface area contributed by atoms with Crippen molar-refractivity contribution in [2.75, 3.05) is 0 Å². The molecule has 128 valence electrons. The van der Waals surface area contributed by atoms with Crippen LogP contribution >= 0.6 is 0 Å². The third-order valence-electron chi connectivity index (χ3n) is 3.96. The normalized spacial score (nSPS) is 21.9. The highest BCUT2D eigenvalue weighted by Gasteiger charge is 2.34. The summed E-state index contributed by atoms with van der Waals surface area (Å²) in [7, 11) is -3.90. The summed E-state index contributed by atoms with van der Waals surface area (Å²) < 4.78 is 49.3. The first-order valence-electron chi connectivity index (χ1n) is 7.29. The molecule has 3 rings (SSSR count). The molecule has 2 aromatic carbocycles. The van der Waals surface area contributed by atoms with Gasteiger partial charge in [-0.2, -0.15) is 8.42 Å². The van der Waals surface area contributed by atoms with E-state index >= 15 is 0 Å². The van der Waals surface area contributed by atoms with Crippen LogP contribution in [-0.2, 0) is 25.4 Å². The molecule has 0 spiro atoms. The van der Waals surface area contributed by atoms with Crippen molar-refractivity contribution in [1.82, 2.24) is 0 Å². The van der Waals surface area contributed by atoms with Gasteiger partial charge in [0.25, 0.3) is 10.1 Å². The molecule has 6 nitrogen and oxygen atoms in total. The number of hydrogen-bond acceptors (Lipinski definition) is 5. The molecular formula is C16H16O6S2. The van der Waals surface area contributed by atoms with Gasteiger partial charge in [0.1, 0.15) is 6.10 Å². The van der Waals surface area contributed by atoms with E-state index < -0.39 is 33.4 Å². The quantitative estimate of drug-likeness (QED) is 0.620. The van der Waals surface area contributed by atoms with Gasteiger partial charge in [-0.15, -0.1) is 0 Å². The lowest BCUT2D eigenvalue weighted by molar-refractivity contribution is -0.0328. The smallest absolute Gasteiger partial charge is 0.297 e. The molecule has 0 amide bonds. The lowest BCUT2D eigenvalue weighted by Gasteiger charge is -2.31. The van der Waals surface area contributed by atoms with Crippen LogP contribution in [-0.4, -0.2) is 34.5 Å². The zero-order valence-corrected chi connectivity index (χ0v) is 14.2. The highest BCUT2D eigenvalue weighted by atomic mass is 32.2. The largest absolute Gasteiger partial charge is 0.390 e. The van der Waals surface area contributed by atoms with Gasteiger partial charge >= 0.3 is 0 Å². The first kappa shape index (κ1) is 17.2. The highest BCUT2D eigenvalue weighted by Crippen LogP contribution is 2.28. The summed E-state index contributed by atoms with van der Waals surface area (Å²) in [6.07, 6.45) is -0.318. The minimum atomic E-state index is -3.90. The Morgan fingerprint density at radius 3 is 1.92 bits per heavy atom. The van der Waals surface area contributed by atoms with Gasteiger partial charge in [0.2, 0.25) is 0 Å². The summed E-state index contributed by atoms with van der Waals surface area (Å²) in [5.74, 6) is 0. The Morgan fingerprint density at radius 1 is 0.958 bits per heavy atom. The molecule has 24 heavy (non-hydrogen) atoms. The second-order valence-electron chi connectivity index (χ2n) is 5.53. The first-order chi connectivity index (χ1) is 11.4. The van der Waals surface area contributed by atoms with Crippen molar-refractivity contribution in [3.8, 4) is 11.1 Å². The zero-order valence-electron chi connectivity index (χ0n) is 12.5. The van der Waals surface area contributed by atoms with Crippen molar-refractivity contribution in [3.63, 3.8) is 0 Å². The van der Waals surface area contributed by atoms with Crippen molar-refractivity contribution in [2.24, 2.45) is 0 Å². The molecular weight excluding hydrogens is 352 g/mol. The molecule has 0 bridgehead atoms. The topological polar surface area (TPSA) is 101 Å². The Hall–Kier alpha value is -1.58. The number of hydrogen-bond donors (Lipinski definition) is 2. The molecule has 0 aromatic heterocycles. The van der Waals surface area contributed by atoms with Crippen molar-refractivity contribution < 1.29 is 26.5 Å². The maximum atomic E-state index is 12.2. The lowest BCUT2D eigenvalue weighted by Crippen LogP contribution is -2.40. The van der Waals surface area contributed by atoms with Crippen molar-refractivity contribution in [3.05, 3.63) is 48.5 Å². The predicted molar refractivity (Wildman–Crippen MR) is 88.2 cm³/mol. The van der Waals surface area contributed by atoms with Gasteiger partial charge in [-0.3, -0.25) is 4.18 Å². The third-order valence-corrected chi connectivity index (χ3v) is 5.98. The maximum absolute atomic E-state index is 12.2. The van der Waals surface area contributed by atoms with Crippen LogP contribution in [0.5, 0.6) is 0 Å². The van der Waals surface area contributed by atoms with Crippen LogP contribution < -0.4 is 0 Å². The third kappa shape index (κ3) is 3.57. The van der Waals surface area contributed by atoms with Gasteiger partial charge in [-0.25, -0.2) is 4.21 Å². The Morgan fingerprint density at radius 2 is 1.50 bits per heavy atom. The van der Waals surface area contributed by atoms with E-state index in [0.29, 0.717) is 17.7 Å². The minimum Gasteiger partial charge on any atom is -0.390 e. The molecule has 3 atom stereocenters. The van der Waals surface area contributed by atoms with Crippen LogP contribution in [0.3, 0.4) is 0 Å². The lowest BCUT2D eigenvalue weighted by atomic mass is 9.93. The molecule has 2 N–H and O–H groups in total. The Bertz CT molecular complexity index is 843. The second kappa shape index (κ2) is 6.73. The Labute approximate surface area is 142 Å². The summed E-state index contributed by atoms with van der Waals surface area (Å²) in [6, 6.07) is 12.6. The van der Waals surface area contributed by atoms with E-state index in [1.807, 2.05) is 0 Å². The molecule has 1 aliphatic rings.